The number of anilines is 1. The maximum absolute atomic E-state index is 11.0. The molecule has 1 aromatic carbocycles. The van der Waals surface area contributed by atoms with E-state index in [1.54, 1.807) is 24.3 Å². The van der Waals surface area contributed by atoms with Crippen LogP contribution in [0.15, 0.2) is 29.2 Å². The summed E-state index contributed by atoms with van der Waals surface area (Å²) in [6, 6.07) is 6.93. The molecule has 14 heavy (non-hydrogen) atoms. The maximum Gasteiger partial charge on any atom is 0.314 e. The lowest BCUT2D eigenvalue weighted by Crippen LogP contribution is -2.33. The average molecular weight is 252 g/mol. The minimum Gasteiger partial charge on any atom is -0.343 e. The van der Waals surface area contributed by atoms with E-state index in [9.17, 15) is 8.42 Å². The molecule has 2 N–H and O–H groups in total. The van der Waals surface area contributed by atoms with Crippen molar-refractivity contribution in [2.24, 2.45) is 0 Å². The van der Waals surface area contributed by atoms with Gasteiger partial charge >= 0.3 is 10.1 Å². The molecule has 0 aromatic heterocycles. The van der Waals surface area contributed by atoms with Crippen molar-refractivity contribution < 1.29 is 13.0 Å². The molecule has 0 saturated carbocycles. The van der Waals surface area contributed by atoms with Gasteiger partial charge in [0.25, 0.3) is 3.66 Å². The number of halogens is 1. The van der Waals surface area contributed by atoms with Crippen molar-refractivity contribution in [3.05, 3.63) is 24.3 Å². The molecule has 0 amide bonds. The molecule has 0 spiro atoms. The van der Waals surface area contributed by atoms with Gasteiger partial charge in [-0.3, -0.25) is 4.55 Å². The number of benzene rings is 1. The third-order valence-corrected chi connectivity index (χ3v) is 5.24. The van der Waals surface area contributed by atoms with E-state index in [0.29, 0.717) is 10.6 Å². The van der Waals surface area contributed by atoms with Crippen LogP contribution in [-0.4, -0.2) is 16.6 Å². The molecule has 7 heteroatoms. The molecule has 0 radical (unpaired) electrons. The summed E-state index contributed by atoms with van der Waals surface area (Å²) in [6.07, 6.45) is 0. The number of alkyl halides is 1. The lowest BCUT2D eigenvalue weighted by Gasteiger charge is -2.16. The van der Waals surface area contributed by atoms with Gasteiger partial charge in [0, 0.05) is 4.90 Å². The van der Waals surface area contributed by atoms with Crippen LogP contribution < -0.4 is 5.32 Å². The second-order valence-electron chi connectivity index (χ2n) is 2.73. The molecule has 0 fully saturated rings. The number of hydrogen-bond donors (Lipinski definition) is 2. The van der Waals surface area contributed by atoms with Gasteiger partial charge < -0.3 is 5.32 Å². The standard InChI is InChI=1S/C7H6ClNO3S2/c8-7(14(10,11)12)9-5-3-1-2-4-6(5)13-7/h1-4,9H,(H,10,11,12). The maximum atomic E-state index is 11.0. The topological polar surface area (TPSA) is 66.4 Å². The number of rotatable bonds is 1. The fraction of sp³-hybridized carbons (Fsp3) is 0.143. The first-order chi connectivity index (χ1) is 6.42. The van der Waals surface area contributed by atoms with Crippen molar-refractivity contribution in [2.45, 2.75) is 8.56 Å². The lowest BCUT2D eigenvalue weighted by molar-refractivity contribution is 0.479. The molecule has 0 bridgehead atoms. The second kappa shape index (κ2) is 3.03. The number of thioether (sulfide) groups is 1. The van der Waals surface area contributed by atoms with E-state index < -0.39 is 13.8 Å². The second-order valence-corrected chi connectivity index (χ2v) is 6.83. The van der Waals surface area contributed by atoms with Crippen molar-refractivity contribution in [3.8, 4) is 0 Å². The molecular formula is C7H6ClNO3S2. The van der Waals surface area contributed by atoms with Crippen LogP contribution in [0.5, 0.6) is 0 Å². The van der Waals surface area contributed by atoms with Crippen molar-refractivity contribution in [3.63, 3.8) is 0 Å². The van der Waals surface area contributed by atoms with Crippen molar-refractivity contribution in [1.29, 1.82) is 0 Å². The minimum absolute atomic E-state index is 0.602. The van der Waals surface area contributed by atoms with Gasteiger partial charge in [0.05, 0.1) is 5.69 Å². The summed E-state index contributed by atoms with van der Waals surface area (Å²) in [6.45, 7) is 0. The molecule has 1 atom stereocenters. The summed E-state index contributed by atoms with van der Waals surface area (Å²) >= 11 is 6.59. The Kier molecular flexibility index (Phi) is 2.19. The smallest absolute Gasteiger partial charge is 0.314 e. The van der Waals surface area contributed by atoms with Crippen LogP contribution in [0.4, 0.5) is 5.69 Å². The molecule has 0 aliphatic carbocycles. The molecule has 1 unspecified atom stereocenters. The number of para-hydroxylation sites is 1. The Morgan fingerprint density at radius 3 is 2.64 bits per heavy atom. The molecule has 1 heterocycles. The third kappa shape index (κ3) is 1.48. The fourth-order valence-corrected chi connectivity index (χ4v) is 3.20. The van der Waals surface area contributed by atoms with Crippen molar-refractivity contribution in [2.75, 3.05) is 5.32 Å². The van der Waals surface area contributed by atoms with E-state index in [4.69, 9.17) is 16.2 Å². The zero-order chi connectivity index (χ0) is 10.4. The average Bonchev–Trinajstić information content (AvgIpc) is 2.40. The highest BCUT2D eigenvalue weighted by molar-refractivity contribution is 8.15. The van der Waals surface area contributed by atoms with Gasteiger partial charge in [0.1, 0.15) is 0 Å². The quantitative estimate of drug-likeness (QED) is 0.454. The summed E-state index contributed by atoms with van der Waals surface area (Å²) in [7, 11) is -4.35. The molecule has 76 valence electrons. The summed E-state index contributed by atoms with van der Waals surface area (Å²) in [4.78, 5) is 0.695. The van der Waals surface area contributed by atoms with Crippen LogP contribution in [-0.2, 0) is 10.1 Å². The van der Waals surface area contributed by atoms with Gasteiger partial charge in [-0.15, -0.1) is 0 Å². The Morgan fingerprint density at radius 2 is 2.07 bits per heavy atom. The highest BCUT2D eigenvalue weighted by atomic mass is 35.5. The van der Waals surface area contributed by atoms with Crippen LogP contribution in [0.2, 0.25) is 0 Å². The normalized spacial score (nSPS) is 25.6. The lowest BCUT2D eigenvalue weighted by atomic mass is 10.3. The Labute approximate surface area is 90.4 Å². The third-order valence-electron chi connectivity index (χ3n) is 1.74. The molecule has 4 nitrogen and oxygen atoms in total. The summed E-state index contributed by atoms with van der Waals surface area (Å²) in [5.74, 6) is 0. The van der Waals surface area contributed by atoms with Gasteiger partial charge in [0.2, 0.25) is 0 Å². The largest absolute Gasteiger partial charge is 0.343 e. The number of hydrogen-bond acceptors (Lipinski definition) is 4. The van der Waals surface area contributed by atoms with Crippen LogP contribution in [0.3, 0.4) is 0 Å². The van der Waals surface area contributed by atoms with Crippen LogP contribution in [0.25, 0.3) is 0 Å². The first-order valence-electron chi connectivity index (χ1n) is 3.64. The molecule has 1 aliphatic rings. The predicted molar refractivity (Wildman–Crippen MR) is 56.1 cm³/mol. The Morgan fingerprint density at radius 1 is 1.43 bits per heavy atom. The Hall–Kier alpha value is -0.430. The summed E-state index contributed by atoms with van der Waals surface area (Å²) in [5.41, 5.74) is 0.602. The zero-order valence-corrected chi connectivity index (χ0v) is 9.16. The van der Waals surface area contributed by atoms with Crippen LogP contribution in [0, 0.1) is 0 Å². The van der Waals surface area contributed by atoms with Gasteiger partial charge in [-0.05, 0) is 12.1 Å². The van der Waals surface area contributed by atoms with E-state index in [1.165, 1.54) is 0 Å². The van der Waals surface area contributed by atoms with Gasteiger partial charge in [-0.25, -0.2) is 0 Å². The zero-order valence-electron chi connectivity index (χ0n) is 6.77. The molecule has 2 rings (SSSR count). The van der Waals surface area contributed by atoms with E-state index in [0.717, 1.165) is 11.8 Å². The summed E-state index contributed by atoms with van der Waals surface area (Å²) < 4.78 is 28.9. The molecule has 1 aromatic rings. The number of fused-ring (bicyclic) bond motifs is 1. The fourth-order valence-electron chi connectivity index (χ4n) is 1.10. The van der Waals surface area contributed by atoms with Crippen molar-refractivity contribution >= 4 is 39.2 Å². The van der Waals surface area contributed by atoms with Crippen LogP contribution >= 0.6 is 23.4 Å². The van der Waals surface area contributed by atoms with Gasteiger partial charge in [0.15, 0.2) is 0 Å². The Bertz CT molecular complexity index is 449. The van der Waals surface area contributed by atoms with Crippen molar-refractivity contribution in [1.82, 2.24) is 0 Å². The first-order valence-corrected chi connectivity index (χ1v) is 6.28. The van der Waals surface area contributed by atoms with E-state index >= 15 is 0 Å². The van der Waals surface area contributed by atoms with Gasteiger partial charge in [-0.2, -0.15) is 8.42 Å². The number of nitrogens with one attached hydrogen (secondary N) is 1. The van der Waals surface area contributed by atoms with Crippen LogP contribution in [0.1, 0.15) is 0 Å². The van der Waals surface area contributed by atoms with E-state index in [2.05, 4.69) is 5.32 Å². The molecule has 0 saturated heterocycles. The SMILES string of the molecule is O=S(=O)(O)C1(Cl)Nc2ccccc2S1. The predicted octanol–water partition coefficient (Wildman–Crippen LogP) is 1.94. The highest BCUT2D eigenvalue weighted by Crippen LogP contribution is 2.49. The minimum atomic E-state index is -4.35. The monoisotopic (exact) mass is 251 g/mol. The van der Waals surface area contributed by atoms with E-state index in [-0.39, 0.29) is 0 Å². The molecular weight excluding hydrogens is 246 g/mol. The Balaban J connectivity index is 2.45. The van der Waals surface area contributed by atoms with E-state index in [1.807, 2.05) is 0 Å². The summed E-state index contributed by atoms with van der Waals surface area (Å²) in [5, 5.41) is 2.54. The first kappa shape index (κ1) is 10.1. The highest BCUT2D eigenvalue weighted by Gasteiger charge is 2.47. The molecule has 1 aliphatic heterocycles. The van der Waals surface area contributed by atoms with Gasteiger partial charge in [-0.1, -0.05) is 35.5 Å².